The van der Waals surface area contributed by atoms with E-state index in [0.29, 0.717) is 13.1 Å². The van der Waals surface area contributed by atoms with Crippen LogP contribution in [0.5, 0.6) is 0 Å². The molecule has 0 aliphatic carbocycles. The molecule has 0 N–H and O–H groups in total. The van der Waals surface area contributed by atoms with Crippen LogP contribution in [0.15, 0.2) is 17.5 Å². The van der Waals surface area contributed by atoms with Crippen LogP contribution in [0.2, 0.25) is 0 Å². The Kier molecular flexibility index (Phi) is 4.67. The zero-order valence-electron chi connectivity index (χ0n) is 15.4. The first-order chi connectivity index (χ1) is 12.5. The second-order valence-corrected chi connectivity index (χ2v) is 8.08. The van der Waals surface area contributed by atoms with Crippen LogP contribution in [0.1, 0.15) is 40.6 Å². The molecule has 138 valence electrons. The molecule has 0 unspecified atom stereocenters. The maximum atomic E-state index is 12.8. The van der Waals surface area contributed by atoms with Gasteiger partial charge < -0.3 is 14.5 Å². The predicted molar refractivity (Wildman–Crippen MR) is 102 cm³/mol. The van der Waals surface area contributed by atoms with Crippen molar-refractivity contribution in [1.82, 2.24) is 14.9 Å². The van der Waals surface area contributed by atoms with Crippen molar-refractivity contribution < 1.29 is 9.53 Å². The van der Waals surface area contributed by atoms with Crippen LogP contribution in [0.3, 0.4) is 0 Å². The number of amides is 1. The van der Waals surface area contributed by atoms with Crippen molar-refractivity contribution in [2.45, 2.75) is 45.9 Å². The molecular formula is C19H24N4O2S. The van der Waals surface area contributed by atoms with Gasteiger partial charge >= 0.3 is 0 Å². The molecule has 2 aliphatic heterocycles. The fourth-order valence-electron chi connectivity index (χ4n) is 3.86. The molecule has 4 rings (SSSR count). The second kappa shape index (κ2) is 6.96. The van der Waals surface area contributed by atoms with E-state index >= 15 is 0 Å². The van der Waals surface area contributed by atoms with Gasteiger partial charge in [-0.25, -0.2) is 9.97 Å². The van der Waals surface area contributed by atoms with Gasteiger partial charge in [-0.15, -0.1) is 11.3 Å². The summed E-state index contributed by atoms with van der Waals surface area (Å²) in [5, 5.41) is 1.94. The van der Waals surface area contributed by atoms with Gasteiger partial charge in [-0.2, -0.15) is 0 Å². The summed E-state index contributed by atoms with van der Waals surface area (Å²) in [4.78, 5) is 27.2. The monoisotopic (exact) mass is 372 g/mol. The molecule has 0 spiro atoms. The minimum atomic E-state index is 0.0980. The van der Waals surface area contributed by atoms with Gasteiger partial charge in [0, 0.05) is 31.6 Å². The fourth-order valence-corrected chi connectivity index (χ4v) is 4.55. The van der Waals surface area contributed by atoms with E-state index in [9.17, 15) is 4.79 Å². The van der Waals surface area contributed by atoms with E-state index in [1.165, 1.54) is 11.3 Å². The lowest BCUT2D eigenvalue weighted by Crippen LogP contribution is -2.47. The van der Waals surface area contributed by atoms with Crippen molar-refractivity contribution in [1.29, 1.82) is 0 Å². The van der Waals surface area contributed by atoms with Crippen LogP contribution in [-0.2, 0) is 17.7 Å². The number of ether oxygens (including phenoxy) is 1. The number of fused-ring (bicyclic) bond motifs is 1. The Bertz CT molecular complexity index is 798. The van der Waals surface area contributed by atoms with E-state index in [1.54, 1.807) is 0 Å². The summed E-state index contributed by atoms with van der Waals surface area (Å²) in [5.74, 6) is 1.86. The maximum absolute atomic E-state index is 12.8. The minimum Gasteiger partial charge on any atom is -0.372 e. The lowest BCUT2D eigenvalue weighted by Gasteiger charge is -2.38. The molecule has 2 aliphatic rings. The summed E-state index contributed by atoms with van der Waals surface area (Å²) in [6.45, 7) is 9.03. The summed E-state index contributed by atoms with van der Waals surface area (Å²) in [5.41, 5.74) is 2.17. The summed E-state index contributed by atoms with van der Waals surface area (Å²) in [6, 6.07) is 3.81. The summed E-state index contributed by atoms with van der Waals surface area (Å²) >= 11 is 1.49. The summed E-state index contributed by atoms with van der Waals surface area (Å²) < 4.78 is 5.87. The van der Waals surface area contributed by atoms with E-state index < -0.39 is 0 Å². The highest BCUT2D eigenvalue weighted by atomic mass is 32.1. The van der Waals surface area contributed by atoms with Gasteiger partial charge in [0.2, 0.25) is 0 Å². The largest absolute Gasteiger partial charge is 0.372 e. The molecule has 1 amide bonds. The Morgan fingerprint density at radius 3 is 2.73 bits per heavy atom. The maximum Gasteiger partial charge on any atom is 0.264 e. The van der Waals surface area contributed by atoms with Crippen molar-refractivity contribution in [3.05, 3.63) is 39.5 Å². The highest BCUT2D eigenvalue weighted by molar-refractivity contribution is 7.12. The van der Waals surface area contributed by atoms with E-state index in [-0.39, 0.29) is 18.1 Å². The number of hydrogen-bond acceptors (Lipinski definition) is 6. The van der Waals surface area contributed by atoms with Gasteiger partial charge in [0.25, 0.3) is 5.91 Å². The Hall–Kier alpha value is -1.99. The number of anilines is 1. The van der Waals surface area contributed by atoms with Crippen LogP contribution in [0.4, 0.5) is 5.82 Å². The zero-order chi connectivity index (χ0) is 18.3. The molecule has 1 saturated heterocycles. The van der Waals surface area contributed by atoms with E-state index in [0.717, 1.165) is 47.3 Å². The highest BCUT2D eigenvalue weighted by Gasteiger charge is 2.30. The molecule has 0 saturated carbocycles. The molecule has 26 heavy (non-hydrogen) atoms. The van der Waals surface area contributed by atoms with Crippen LogP contribution in [0.25, 0.3) is 0 Å². The highest BCUT2D eigenvalue weighted by Crippen LogP contribution is 2.30. The SMILES string of the molecule is Cc1nc2c(c(N3C[C@H](C)O[C@@H](C)C3)n1)CN(C(=O)c1cccs1)CC2. The Morgan fingerprint density at radius 2 is 2.04 bits per heavy atom. The number of hydrogen-bond donors (Lipinski definition) is 0. The zero-order valence-corrected chi connectivity index (χ0v) is 16.3. The lowest BCUT2D eigenvalue weighted by atomic mass is 10.0. The first-order valence-corrected chi connectivity index (χ1v) is 9.99. The molecule has 1 fully saturated rings. The second-order valence-electron chi connectivity index (χ2n) is 7.14. The van der Waals surface area contributed by atoms with Gasteiger partial charge in [0.15, 0.2) is 0 Å². The molecule has 7 heteroatoms. The first-order valence-electron chi connectivity index (χ1n) is 9.11. The van der Waals surface area contributed by atoms with E-state index in [1.807, 2.05) is 29.3 Å². The fraction of sp³-hybridized carbons (Fsp3) is 0.526. The number of nitrogens with zero attached hydrogens (tertiary/aromatic N) is 4. The molecule has 0 bridgehead atoms. The third kappa shape index (κ3) is 3.33. The van der Waals surface area contributed by atoms with Gasteiger partial charge in [0.05, 0.1) is 29.3 Å². The molecular weight excluding hydrogens is 348 g/mol. The lowest BCUT2D eigenvalue weighted by molar-refractivity contribution is -0.00560. The predicted octanol–water partition coefficient (Wildman–Crippen LogP) is 2.66. The Balaban J connectivity index is 1.65. The van der Waals surface area contributed by atoms with Gasteiger partial charge in [0.1, 0.15) is 11.6 Å². The van der Waals surface area contributed by atoms with Crippen LogP contribution in [0, 0.1) is 6.92 Å². The topological polar surface area (TPSA) is 58.6 Å². The molecule has 0 aromatic carbocycles. The molecule has 2 aromatic rings. The molecule has 0 radical (unpaired) electrons. The first kappa shape index (κ1) is 17.4. The van der Waals surface area contributed by atoms with Gasteiger partial charge in [-0.1, -0.05) is 6.07 Å². The average Bonchev–Trinajstić information content (AvgIpc) is 3.13. The number of carbonyl (C=O) groups excluding carboxylic acids is 1. The summed E-state index contributed by atoms with van der Waals surface area (Å²) in [6.07, 6.45) is 1.10. The van der Waals surface area contributed by atoms with Crippen LogP contribution in [-0.4, -0.2) is 52.6 Å². The number of carbonyl (C=O) groups is 1. The molecule has 4 heterocycles. The number of aromatic nitrogens is 2. The van der Waals surface area contributed by atoms with Crippen molar-refractivity contribution in [2.24, 2.45) is 0 Å². The van der Waals surface area contributed by atoms with Crippen molar-refractivity contribution in [2.75, 3.05) is 24.5 Å². The minimum absolute atomic E-state index is 0.0980. The summed E-state index contributed by atoms with van der Waals surface area (Å²) in [7, 11) is 0. The van der Waals surface area contributed by atoms with Crippen molar-refractivity contribution in [3.63, 3.8) is 0 Å². The van der Waals surface area contributed by atoms with E-state index in [2.05, 4.69) is 23.7 Å². The number of morpholine rings is 1. The van der Waals surface area contributed by atoms with Gasteiger partial charge in [-0.3, -0.25) is 4.79 Å². The molecule has 2 atom stereocenters. The quantitative estimate of drug-likeness (QED) is 0.811. The van der Waals surface area contributed by atoms with Gasteiger partial charge in [-0.05, 0) is 32.2 Å². The number of rotatable bonds is 2. The standard InChI is InChI=1S/C19H24N4O2S/c1-12-9-23(10-13(2)25-12)18-15-11-22(19(24)17-5-4-8-26-17)7-6-16(15)20-14(3)21-18/h4-5,8,12-13H,6-7,9-11H2,1-3H3/t12-,13-/m0/s1. The smallest absolute Gasteiger partial charge is 0.264 e. The van der Waals surface area contributed by atoms with Crippen LogP contribution < -0.4 is 4.90 Å². The third-order valence-electron chi connectivity index (χ3n) is 4.89. The van der Waals surface area contributed by atoms with Crippen LogP contribution >= 0.6 is 11.3 Å². The molecule has 6 nitrogen and oxygen atoms in total. The third-order valence-corrected chi connectivity index (χ3v) is 5.75. The average molecular weight is 372 g/mol. The number of thiophene rings is 1. The Labute approximate surface area is 157 Å². The number of aryl methyl sites for hydroxylation is 1. The molecule has 2 aromatic heterocycles. The van der Waals surface area contributed by atoms with Crippen molar-refractivity contribution >= 4 is 23.1 Å². The van der Waals surface area contributed by atoms with Crippen molar-refractivity contribution in [3.8, 4) is 0 Å². The Morgan fingerprint density at radius 1 is 1.27 bits per heavy atom. The van der Waals surface area contributed by atoms with E-state index in [4.69, 9.17) is 9.72 Å². The normalized spacial score (nSPS) is 23.0.